The van der Waals surface area contributed by atoms with Crippen molar-refractivity contribution in [1.82, 2.24) is 0 Å². The molecule has 0 atom stereocenters. The zero-order valence-corrected chi connectivity index (χ0v) is 12.0. The molecule has 0 bridgehead atoms. The van der Waals surface area contributed by atoms with Crippen molar-refractivity contribution in [3.05, 3.63) is 23.2 Å². The van der Waals surface area contributed by atoms with E-state index in [1.165, 1.54) is 25.7 Å². The number of rotatable bonds is 4. The van der Waals surface area contributed by atoms with Crippen molar-refractivity contribution < 1.29 is 4.74 Å². The fraction of sp³-hybridized carbons (Fsp3) is 0.600. The highest BCUT2D eigenvalue weighted by Crippen LogP contribution is 2.30. The van der Waals surface area contributed by atoms with Crippen molar-refractivity contribution in [2.75, 3.05) is 19.0 Å². The fourth-order valence-corrected chi connectivity index (χ4v) is 2.76. The number of hydrogen-bond donors (Lipinski definition) is 1. The number of ether oxygens (including phenoxy) is 1. The highest BCUT2D eigenvalue weighted by Gasteiger charge is 2.17. The van der Waals surface area contributed by atoms with Gasteiger partial charge in [0, 0.05) is 18.3 Å². The average Bonchev–Trinajstić information content (AvgIpc) is 2.39. The molecule has 2 nitrogen and oxygen atoms in total. The summed E-state index contributed by atoms with van der Waals surface area (Å²) in [5.41, 5.74) is 1.09. The third kappa shape index (κ3) is 3.55. The van der Waals surface area contributed by atoms with Crippen LogP contribution in [0.3, 0.4) is 0 Å². The van der Waals surface area contributed by atoms with E-state index in [9.17, 15) is 0 Å². The van der Waals surface area contributed by atoms with E-state index in [-0.39, 0.29) is 0 Å². The molecule has 100 valence electrons. The van der Waals surface area contributed by atoms with E-state index < -0.39 is 0 Å². The quantitative estimate of drug-likeness (QED) is 0.862. The third-order valence-corrected chi connectivity index (χ3v) is 4.19. The Labute approximate surface area is 115 Å². The Morgan fingerprint density at radius 3 is 2.67 bits per heavy atom. The first-order valence-corrected chi connectivity index (χ1v) is 7.14. The molecule has 18 heavy (non-hydrogen) atoms. The van der Waals surface area contributed by atoms with Crippen LogP contribution in [0.4, 0.5) is 5.69 Å². The molecule has 1 aromatic rings. The minimum absolute atomic E-state index is 0.662. The SMILES string of the molecule is COc1cc(NCC2CCC(C)CC2)ccc1Cl. The predicted molar refractivity (Wildman–Crippen MR) is 77.6 cm³/mol. The van der Waals surface area contributed by atoms with Crippen molar-refractivity contribution in [3.63, 3.8) is 0 Å². The second-order valence-corrected chi connectivity index (χ2v) is 5.76. The molecular weight excluding hydrogens is 246 g/mol. The number of anilines is 1. The van der Waals surface area contributed by atoms with Gasteiger partial charge >= 0.3 is 0 Å². The van der Waals surface area contributed by atoms with Crippen LogP contribution in [0.15, 0.2) is 18.2 Å². The molecule has 0 saturated heterocycles. The maximum atomic E-state index is 6.01. The van der Waals surface area contributed by atoms with Crippen LogP contribution in [0.2, 0.25) is 5.02 Å². The lowest BCUT2D eigenvalue weighted by Gasteiger charge is -2.26. The standard InChI is InChI=1S/C15H22ClNO/c1-11-3-5-12(6-4-11)10-17-13-7-8-14(16)15(9-13)18-2/h7-9,11-12,17H,3-6,10H2,1-2H3. The number of methoxy groups -OCH3 is 1. The van der Waals surface area contributed by atoms with Crippen LogP contribution >= 0.6 is 11.6 Å². The van der Waals surface area contributed by atoms with E-state index in [1.807, 2.05) is 18.2 Å². The molecule has 3 heteroatoms. The number of benzene rings is 1. The number of hydrogen-bond acceptors (Lipinski definition) is 2. The molecule has 1 saturated carbocycles. The van der Waals surface area contributed by atoms with Gasteiger partial charge in [-0.05, 0) is 36.8 Å². The molecule has 1 aromatic carbocycles. The second kappa shape index (κ2) is 6.33. The summed E-state index contributed by atoms with van der Waals surface area (Å²) in [5, 5.41) is 4.15. The van der Waals surface area contributed by atoms with E-state index in [0.717, 1.165) is 29.8 Å². The Hall–Kier alpha value is -0.890. The molecule has 1 fully saturated rings. The lowest BCUT2D eigenvalue weighted by Crippen LogP contribution is -2.20. The van der Waals surface area contributed by atoms with Crippen molar-refractivity contribution in [2.24, 2.45) is 11.8 Å². The molecule has 0 aromatic heterocycles. The summed E-state index contributed by atoms with van der Waals surface area (Å²) in [5.74, 6) is 2.46. The Morgan fingerprint density at radius 2 is 2.00 bits per heavy atom. The number of halogens is 1. The van der Waals surface area contributed by atoms with Gasteiger partial charge in [0.15, 0.2) is 0 Å². The van der Waals surface area contributed by atoms with Crippen LogP contribution in [0.25, 0.3) is 0 Å². The van der Waals surface area contributed by atoms with E-state index in [1.54, 1.807) is 7.11 Å². The Morgan fingerprint density at radius 1 is 1.28 bits per heavy atom. The van der Waals surface area contributed by atoms with E-state index in [2.05, 4.69) is 12.2 Å². The smallest absolute Gasteiger partial charge is 0.139 e. The van der Waals surface area contributed by atoms with Crippen molar-refractivity contribution in [3.8, 4) is 5.75 Å². The van der Waals surface area contributed by atoms with Gasteiger partial charge in [-0.2, -0.15) is 0 Å². The van der Waals surface area contributed by atoms with Gasteiger partial charge in [-0.3, -0.25) is 0 Å². The Balaban J connectivity index is 1.86. The number of nitrogens with one attached hydrogen (secondary N) is 1. The lowest BCUT2D eigenvalue weighted by molar-refractivity contribution is 0.300. The van der Waals surface area contributed by atoms with Gasteiger partial charge in [0.2, 0.25) is 0 Å². The topological polar surface area (TPSA) is 21.3 Å². The Bertz CT molecular complexity index is 386. The normalized spacial score (nSPS) is 23.7. The van der Waals surface area contributed by atoms with Gasteiger partial charge in [0.05, 0.1) is 12.1 Å². The van der Waals surface area contributed by atoms with Gasteiger partial charge in [-0.25, -0.2) is 0 Å². The lowest BCUT2D eigenvalue weighted by atomic mass is 9.83. The van der Waals surface area contributed by atoms with Gasteiger partial charge < -0.3 is 10.1 Å². The van der Waals surface area contributed by atoms with Gasteiger partial charge in [-0.15, -0.1) is 0 Å². The first-order chi connectivity index (χ1) is 8.69. The maximum Gasteiger partial charge on any atom is 0.139 e. The second-order valence-electron chi connectivity index (χ2n) is 5.36. The van der Waals surface area contributed by atoms with Gasteiger partial charge in [0.25, 0.3) is 0 Å². The molecule has 2 rings (SSSR count). The highest BCUT2D eigenvalue weighted by molar-refractivity contribution is 6.32. The minimum atomic E-state index is 0.662. The van der Waals surface area contributed by atoms with E-state index in [0.29, 0.717) is 5.02 Å². The summed E-state index contributed by atoms with van der Waals surface area (Å²) >= 11 is 6.01. The summed E-state index contributed by atoms with van der Waals surface area (Å²) < 4.78 is 5.22. The summed E-state index contributed by atoms with van der Waals surface area (Å²) in [6.07, 6.45) is 5.43. The van der Waals surface area contributed by atoms with Crippen LogP contribution in [0.5, 0.6) is 5.75 Å². The molecular formula is C15H22ClNO. The first kappa shape index (κ1) is 13.5. The van der Waals surface area contributed by atoms with Crippen LogP contribution in [-0.2, 0) is 0 Å². The van der Waals surface area contributed by atoms with Crippen LogP contribution < -0.4 is 10.1 Å². The molecule has 0 aliphatic heterocycles. The Kier molecular flexibility index (Phi) is 4.76. The predicted octanol–water partition coefficient (Wildman–Crippen LogP) is 4.59. The molecule has 1 N–H and O–H groups in total. The summed E-state index contributed by atoms with van der Waals surface area (Å²) in [6, 6.07) is 5.86. The minimum Gasteiger partial charge on any atom is -0.495 e. The van der Waals surface area contributed by atoms with E-state index >= 15 is 0 Å². The molecule has 0 radical (unpaired) electrons. The first-order valence-electron chi connectivity index (χ1n) is 6.76. The fourth-order valence-electron chi connectivity index (χ4n) is 2.57. The van der Waals surface area contributed by atoms with Gasteiger partial charge in [-0.1, -0.05) is 31.4 Å². The third-order valence-electron chi connectivity index (χ3n) is 3.88. The molecule has 0 amide bonds. The molecule has 1 aliphatic carbocycles. The summed E-state index contributed by atoms with van der Waals surface area (Å²) in [6.45, 7) is 3.41. The van der Waals surface area contributed by atoms with Crippen LogP contribution in [-0.4, -0.2) is 13.7 Å². The summed E-state index contributed by atoms with van der Waals surface area (Å²) in [4.78, 5) is 0. The highest BCUT2D eigenvalue weighted by atomic mass is 35.5. The monoisotopic (exact) mass is 267 g/mol. The van der Waals surface area contributed by atoms with Crippen LogP contribution in [0, 0.1) is 11.8 Å². The van der Waals surface area contributed by atoms with Crippen molar-refractivity contribution >= 4 is 17.3 Å². The molecule has 0 spiro atoms. The van der Waals surface area contributed by atoms with Crippen molar-refractivity contribution in [1.29, 1.82) is 0 Å². The van der Waals surface area contributed by atoms with Crippen LogP contribution in [0.1, 0.15) is 32.6 Å². The van der Waals surface area contributed by atoms with E-state index in [4.69, 9.17) is 16.3 Å². The molecule has 1 aliphatic rings. The zero-order chi connectivity index (χ0) is 13.0. The average molecular weight is 268 g/mol. The largest absolute Gasteiger partial charge is 0.495 e. The molecule has 0 heterocycles. The molecule has 0 unspecified atom stereocenters. The van der Waals surface area contributed by atoms with Gasteiger partial charge in [0.1, 0.15) is 5.75 Å². The zero-order valence-electron chi connectivity index (χ0n) is 11.2. The summed E-state index contributed by atoms with van der Waals surface area (Å²) in [7, 11) is 1.65. The maximum absolute atomic E-state index is 6.01. The van der Waals surface area contributed by atoms with Crippen molar-refractivity contribution in [2.45, 2.75) is 32.6 Å².